The van der Waals surface area contributed by atoms with Gasteiger partial charge in [0.15, 0.2) is 0 Å². The van der Waals surface area contributed by atoms with Crippen molar-refractivity contribution in [2.24, 2.45) is 0 Å². The number of hydrogen-bond donors (Lipinski definition) is 0. The molecule has 5 rings (SSSR count). The predicted molar refractivity (Wildman–Crippen MR) is 138 cm³/mol. The Balaban J connectivity index is 1.54. The minimum atomic E-state index is 0.0812. The zero-order chi connectivity index (χ0) is 24.4. The van der Waals surface area contributed by atoms with E-state index in [-0.39, 0.29) is 5.91 Å². The Morgan fingerprint density at radius 1 is 1.17 bits per heavy atom. The lowest BCUT2D eigenvalue weighted by Crippen LogP contribution is -2.38. The number of rotatable bonds is 7. The third-order valence-electron chi connectivity index (χ3n) is 6.84. The summed E-state index contributed by atoms with van der Waals surface area (Å²) in [7, 11) is 3.59. The smallest absolute Gasteiger partial charge is 0.228 e. The Labute approximate surface area is 210 Å². The van der Waals surface area contributed by atoms with Crippen LogP contribution in [0.15, 0.2) is 18.3 Å². The number of ether oxygens (including phenoxy) is 1. The van der Waals surface area contributed by atoms with E-state index in [0.29, 0.717) is 6.42 Å². The summed E-state index contributed by atoms with van der Waals surface area (Å²) in [5, 5.41) is 6.05. The van der Waals surface area contributed by atoms with Crippen molar-refractivity contribution in [1.29, 1.82) is 0 Å². The molecule has 8 nitrogen and oxygen atoms in total. The lowest BCUT2D eigenvalue weighted by molar-refractivity contribution is -0.127. The second-order valence-corrected chi connectivity index (χ2v) is 10.5. The van der Waals surface area contributed by atoms with Crippen LogP contribution >= 0.6 is 11.3 Å². The number of carbonyl (C=O) groups is 1. The van der Waals surface area contributed by atoms with E-state index in [1.807, 2.05) is 6.20 Å². The number of pyridine rings is 1. The van der Waals surface area contributed by atoms with Crippen LogP contribution in [-0.2, 0) is 41.8 Å². The molecule has 2 aliphatic rings. The molecule has 1 aliphatic carbocycles. The minimum Gasteiger partial charge on any atom is -0.379 e. The van der Waals surface area contributed by atoms with Gasteiger partial charge < -0.3 is 9.64 Å². The van der Waals surface area contributed by atoms with E-state index in [1.165, 1.54) is 16.1 Å². The fraction of sp³-hybridized carbons (Fsp3) is 0.538. The van der Waals surface area contributed by atoms with Gasteiger partial charge in [0, 0.05) is 56.7 Å². The van der Waals surface area contributed by atoms with E-state index in [0.717, 1.165) is 92.7 Å². The van der Waals surface area contributed by atoms with Gasteiger partial charge in [0.25, 0.3) is 0 Å². The van der Waals surface area contributed by atoms with Crippen molar-refractivity contribution in [2.75, 3.05) is 46.9 Å². The van der Waals surface area contributed by atoms with Crippen molar-refractivity contribution in [1.82, 2.24) is 29.5 Å². The van der Waals surface area contributed by atoms with Crippen molar-refractivity contribution in [3.8, 4) is 21.8 Å². The number of carbonyl (C=O) groups excluding carboxylic acids is 1. The molecule has 1 amide bonds. The van der Waals surface area contributed by atoms with Crippen LogP contribution in [0.1, 0.15) is 35.3 Å². The summed E-state index contributed by atoms with van der Waals surface area (Å²) < 4.78 is 7.72. The molecule has 0 bridgehead atoms. The first-order chi connectivity index (χ1) is 17.0. The molecular formula is C26H34N6O2S. The van der Waals surface area contributed by atoms with E-state index in [2.05, 4.69) is 33.6 Å². The molecule has 186 valence electrons. The highest BCUT2D eigenvalue weighted by molar-refractivity contribution is 7.15. The zero-order valence-electron chi connectivity index (χ0n) is 20.9. The molecule has 0 spiro atoms. The van der Waals surface area contributed by atoms with Crippen LogP contribution in [-0.4, -0.2) is 82.4 Å². The summed E-state index contributed by atoms with van der Waals surface area (Å²) in [5.41, 5.74) is 6.76. The third kappa shape index (κ3) is 5.17. The molecule has 1 fully saturated rings. The van der Waals surface area contributed by atoms with Gasteiger partial charge in [-0.05, 0) is 37.8 Å². The number of hydrogen-bond acceptors (Lipinski definition) is 7. The Morgan fingerprint density at radius 3 is 2.71 bits per heavy atom. The van der Waals surface area contributed by atoms with Gasteiger partial charge in [-0.3, -0.25) is 19.4 Å². The highest BCUT2D eigenvalue weighted by atomic mass is 32.1. The van der Waals surface area contributed by atoms with E-state index in [9.17, 15) is 4.79 Å². The largest absolute Gasteiger partial charge is 0.379 e. The van der Waals surface area contributed by atoms with Gasteiger partial charge in [-0.1, -0.05) is 6.92 Å². The summed E-state index contributed by atoms with van der Waals surface area (Å²) in [6, 6.07) is 4.26. The first-order valence-electron chi connectivity index (χ1n) is 12.6. The maximum Gasteiger partial charge on any atom is 0.228 e. The summed E-state index contributed by atoms with van der Waals surface area (Å²) in [5.74, 6) is 0.0812. The van der Waals surface area contributed by atoms with Crippen LogP contribution < -0.4 is 0 Å². The number of aryl methyl sites for hydroxylation is 2. The van der Waals surface area contributed by atoms with Crippen molar-refractivity contribution in [3.63, 3.8) is 0 Å². The molecule has 3 aromatic heterocycles. The lowest BCUT2D eigenvalue weighted by atomic mass is 10.0. The van der Waals surface area contributed by atoms with Crippen LogP contribution in [0.2, 0.25) is 0 Å². The number of morpholine rings is 1. The summed E-state index contributed by atoms with van der Waals surface area (Å²) in [6.45, 7) is 7.37. The monoisotopic (exact) mass is 494 g/mol. The number of amides is 1. The minimum absolute atomic E-state index is 0.0812. The fourth-order valence-corrected chi connectivity index (χ4v) is 5.95. The van der Waals surface area contributed by atoms with E-state index < -0.39 is 0 Å². The van der Waals surface area contributed by atoms with Crippen molar-refractivity contribution >= 4 is 17.2 Å². The second-order valence-electron chi connectivity index (χ2n) is 9.45. The Hall–Kier alpha value is -2.62. The molecule has 0 saturated carbocycles. The molecule has 1 saturated heterocycles. The molecule has 35 heavy (non-hydrogen) atoms. The molecule has 0 unspecified atom stereocenters. The Bertz CT molecular complexity index is 1180. The normalized spacial score (nSPS) is 16.0. The molecule has 0 N–H and O–H groups in total. The van der Waals surface area contributed by atoms with Crippen molar-refractivity contribution in [3.05, 3.63) is 40.3 Å². The molecule has 0 aromatic carbocycles. The molecule has 0 atom stereocenters. The number of likely N-dealkylation sites (N-methyl/N-ethyl adjacent to an activating group) is 1. The summed E-state index contributed by atoms with van der Waals surface area (Å²) in [4.78, 5) is 27.2. The Kier molecular flexibility index (Phi) is 7.27. The van der Waals surface area contributed by atoms with Gasteiger partial charge in [0.2, 0.25) is 5.91 Å². The lowest BCUT2D eigenvalue weighted by Gasteiger charge is -2.26. The van der Waals surface area contributed by atoms with Crippen LogP contribution in [0, 0.1) is 0 Å². The first-order valence-corrected chi connectivity index (χ1v) is 13.4. The van der Waals surface area contributed by atoms with Crippen molar-refractivity contribution < 1.29 is 9.53 Å². The zero-order valence-corrected chi connectivity index (χ0v) is 21.7. The molecule has 1 aliphatic heterocycles. The maximum absolute atomic E-state index is 12.4. The summed E-state index contributed by atoms with van der Waals surface area (Å²) >= 11 is 1.66. The van der Waals surface area contributed by atoms with Crippen LogP contribution in [0.5, 0.6) is 0 Å². The number of fused-ring (bicyclic) bond motifs is 3. The van der Waals surface area contributed by atoms with Gasteiger partial charge in [-0.25, -0.2) is 4.98 Å². The summed E-state index contributed by atoms with van der Waals surface area (Å²) in [6.07, 6.45) is 6.14. The average molecular weight is 495 g/mol. The molecule has 9 heteroatoms. The van der Waals surface area contributed by atoms with Crippen LogP contribution in [0.25, 0.3) is 21.8 Å². The van der Waals surface area contributed by atoms with E-state index >= 15 is 0 Å². The van der Waals surface area contributed by atoms with Gasteiger partial charge in [0.05, 0.1) is 48.1 Å². The average Bonchev–Trinajstić information content (AvgIpc) is 3.39. The standard InChI is InChI=1S/C26H34N6O2S/c1-4-19-9-8-18(17-27-19)24-20-6-5-7-21-26(35-22(28-21)16-23(33)30(2)3)25(20)32(29-24)11-10-31-12-14-34-15-13-31/h8-9,17H,4-7,10-16H2,1-3H3. The number of nitrogens with zero attached hydrogens (tertiary/aromatic N) is 6. The molecule has 4 heterocycles. The van der Waals surface area contributed by atoms with Gasteiger partial charge in [-0.15, -0.1) is 11.3 Å². The van der Waals surface area contributed by atoms with Gasteiger partial charge >= 0.3 is 0 Å². The Morgan fingerprint density at radius 2 is 2.00 bits per heavy atom. The molecular weight excluding hydrogens is 460 g/mol. The van der Waals surface area contributed by atoms with E-state index in [4.69, 9.17) is 14.8 Å². The molecule has 0 radical (unpaired) electrons. The predicted octanol–water partition coefficient (Wildman–Crippen LogP) is 3.08. The van der Waals surface area contributed by atoms with Gasteiger partial charge in [-0.2, -0.15) is 5.10 Å². The third-order valence-corrected chi connectivity index (χ3v) is 7.95. The maximum atomic E-state index is 12.4. The van der Waals surface area contributed by atoms with Crippen LogP contribution in [0.4, 0.5) is 0 Å². The highest BCUT2D eigenvalue weighted by Crippen LogP contribution is 2.41. The van der Waals surface area contributed by atoms with Crippen molar-refractivity contribution in [2.45, 2.75) is 45.6 Å². The first kappa shape index (κ1) is 24.1. The number of aromatic nitrogens is 4. The van der Waals surface area contributed by atoms with Crippen LogP contribution in [0.3, 0.4) is 0 Å². The van der Waals surface area contributed by atoms with Gasteiger partial charge in [0.1, 0.15) is 5.01 Å². The molecule has 3 aromatic rings. The second kappa shape index (κ2) is 10.6. The fourth-order valence-electron chi connectivity index (χ4n) is 4.77. The quantitative estimate of drug-likeness (QED) is 0.503. The van der Waals surface area contributed by atoms with E-state index in [1.54, 1.807) is 30.3 Å². The highest BCUT2D eigenvalue weighted by Gasteiger charge is 2.28. The topological polar surface area (TPSA) is 76.4 Å². The SMILES string of the molecule is CCc1ccc(-c2nn(CCN3CCOCC3)c3c2CCCc2nc(CC(=O)N(C)C)sc2-3)cn1. The number of thiazole rings is 1.